The van der Waals surface area contributed by atoms with Crippen LogP contribution in [0.25, 0.3) is 0 Å². The second-order valence-corrected chi connectivity index (χ2v) is 6.83. The number of hydrogen-bond acceptors (Lipinski definition) is 6. The van der Waals surface area contributed by atoms with E-state index in [1.807, 2.05) is 22.2 Å². The number of carbonyl (C=O) groups is 1. The largest absolute Gasteiger partial charge is 0.507 e. The van der Waals surface area contributed by atoms with Crippen LogP contribution >= 0.6 is 22.9 Å². The Labute approximate surface area is 159 Å². The minimum absolute atomic E-state index is 0.0270. The molecule has 0 atom stereocenters. The van der Waals surface area contributed by atoms with Gasteiger partial charge in [-0.2, -0.15) is 11.3 Å². The number of thiophene rings is 1. The fourth-order valence-corrected chi connectivity index (χ4v) is 3.68. The number of imidazole rings is 1. The van der Waals surface area contributed by atoms with Crippen molar-refractivity contribution < 1.29 is 19.7 Å². The molecule has 0 fully saturated rings. The highest BCUT2D eigenvalue weighted by atomic mass is 35.5. The van der Waals surface area contributed by atoms with Gasteiger partial charge in [0, 0.05) is 31.4 Å². The number of nitrogens with zero attached hydrogens (tertiary/aromatic N) is 2. The average Bonchev–Trinajstić information content (AvgIpc) is 3.28. The van der Waals surface area contributed by atoms with Crippen LogP contribution in [0.5, 0.6) is 11.5 Å². The summed E-state index contributed by atoms with van der Waals surface area (Å²) in [6.07, 6.45) is 4.38. The summed E-state index contributed by atoms with van der Waals surface area (Å²) in [5.41, 5.74) is 1.48. The number of esters is 1. The molecule has 2 N–H and O–H groups in total. The predicted molar refractivity (Wildman–Crippen MR) is 99.2 cm³/mol. The lowest BCUT2D eigenvalue weighted by Crippen LogP contribution is -2.10. The first-order valence-electron chi connectivity index (χ1n) is 7.84. The van der Waals surface area contributed by atoms with Crippen molar-refractivity contribution in [2.45, 2.75) is 19.4 Å². The van der Waals surface area contributed by atoms with Crippen LogP contribution in [0.2, 0.25) is 5.02 Å². The quantitative estimate of drug-likeness (QED) is 0.626. The molecule has 6 nitrogen and oxygen atoms in total. The molecule has 0 saturated heterocycles. The second-order valence-electron chi connectivity index (χ2n) is 5.68. The summed E-state index contributed by atoms with van der Waals surface area (Å²) in [5.74, 6) is -0.546. The number of rotatable bonds is 6. The van der Waals surface area contributed by atoms with Gasteiger partial charge in [0.1, 0.15) is 22.9 Å². The highest BCUT2D eigenvalue weighted by Gasteiger charge is 2.23. The zero-order chi connectivity index (χ0) is 18.7. The number of aryl methyl sites for hydroxylation is 1. The Bertz CT molecular complexity index is 922. The van der Waals surface area contributed by atoms with E-state index >= 15 is 0 Å². The Morgan fingerprint density at radius 2 is 2.15 bits per heavy atom. The van der Waals surface area contributed by atoms with Gasteiger partial charge in [0.05, 0.1) is 12.1 Å². The zero-order valence-corrected chi connectivity index (χ0v) is 15.5. The normalized spacial score (nSPS) is 10.8. The van der Waals surface area contributed by atoms with Crippen molar-refractivity contribution >= 4 is 28.9 Å². The van der Waals surface area contributed by atoms with E-state index in [-0.39, 0.29) is 22.1 Å². The van der Waals surface area contributed by atoms with Crippen LogP contribution in [0.15, 0.2) is 35.3 Å². The second kappa shape index (κ2) is 7.80. The Balaban J connectivity index is 1.87. The van der Waals surface area contributed by atoms with Gasteiger partial charge in [0.2, 0.25) is 0 Å². The molecule has 3 aromatic rings. The van der Waals surface area contributed by atoms with Crippen molar-refractivity contribution in [3.05, 3.63) is 62.8 Å². The van der Waals surface area contributed by atoms with Crippen LogP contribution in [0.1, 0.15) is 27.3 Å². The first-order valence-corrected chi connectivity index (χ1v) is 9.16. The van der Waals surface area contributed by atoms with Gasteiger partial charge in [0.15, 0.2) is 0 Å². The summed E-state index contributed by atoms with van der Waals surface area (Å²) in [6.45, 7) is 0.696. The smallest absolute Gasteiger partial charge is 0.341 e. The molecule has 1 aromatic carbocycles. The van der Waals surface area contributed by atoms with Gasteiger partial charge in [-0.3, -0.25) is 0 Å². The molecule has 2 heterocycles. The number of aromatic hydroxyl groups is 2. The first kappa shape index (κ1) is 18.3. The molecule has 0 bridgehead atoms. The molecule has 0 spiro atoms. The SMILES string of the molecule is COC(=O)c1c(O)cc(O)c(Cl)c1CCc1nccn1Cc1ccsc1. The van der Waals surface area contributed by atoms with Gasteiger partial charge < -0.3 is 19.5 Å². The van der Waals surface area contributed by atoms with E-state index in [0.29, 0.717) is 24.9 Å². The van der Waals surface area contributed by atoms with Crippen molar-refractivity contribution in [2.75, 3.05) is 7.11 Å². The maximum absolute atomic E-state index is 12.0. The van der Waals surface area contributed by atoms with Crippen molar-refractivity contribution in [1.82, 2.24) is 9.55 Å². The number of ether oxygens (including phenoxy) is 1. The molecule has 0 unspecified atom stereocenters. The molecule has 26 heavy (non-hydrogen) atoms. The lowest BCUT2D eigenvalue weighted by atomic mass is 10.0. The third-order valence-electron chi connectivity index (χ3n) is 4.04. The van der Waals surface area contributed by atoms with E-state index in [4.69, 9.17) is 16.3 Å². The lowest BCUT2D eigenvalue weighted by molar-refractivity contribution is 0.0596. The Morgan fingerprint density at radius 1 is 1.35 bits per heavy atom. The van der Waals surface area contributed by atoms with Gasteiger partial charge in [-0.25, -0.2) is 9.78 Å². The van der Waals surface area contributed by atoms with E-state index in [0.717, 1.165) is 11.9 Å². The lowest BCUT2D eigenvalue weighted by Gasteiger charge is -2.13. The van der Waals surface area contributed by atoms with Crippen LogP contribution in [0.4, 0.5) is 0 Å². The zero-order valence-electron chi connectivity index (χ0n) is 14.0. The summed E-state index contributed by atoms with van der Waals surface area (Å²) in [6, 6.07) is 3.09. The molecule has 8 heteroatoms. The number of phenols is 2. The minimum Gasteiger partial charge on any atom is -0.507 e. The molecule has 0 radical (unpaired) electrons. The Morgan fingerprint density at radius 3 is 2.85 bits per heavy atom. The third-order valence-corrected chi connectivity index (χ3v) is 5.20. The van der Waals surface area contributed by atoms with Crippen molar-refractivity contribution in [3.63, 3.8) is 0 Å². The molecular weight excluding hydrogens is 376 g/mol. The molecule has 0 aliphatic carbocycles. The van der Waals surface area contributed by atoms with E-state index in [2.05, 4.69) is 10.4 Å². The number of carbonyl (C=O) groups excluding carboxylic acids is 1. The summed E-state index contributed by atoms with van der Waals surface area (Å²) in [7, 11) is 1.22. The van der Waals surface area contributed by atoms with Crippen LogP contribution in [-0.4, -0.2) is 32.8 Å². The van der Waals surface area contributed by atoms with E-state index < -0.39 is 5.97 Å². The molecule has 0 aliphatic rings. The van der Waals surface area contributed by atoms with E-state index in [1.165, 1.54) is 12.7 Å². The number of phenolic OH excluding ortho intramolecular Hbond substituents is 2. The number of benzene rings is 1. The van der Waals surface area contributed by atoms with Crippen LogP contribution in [0.3, 0.4) is 0 Å². The Kier molecular flexibility index (Phi) is 5.49. The highest BCUT2D eigenvalue weighted by Crippen LogP contribution is 2.37. The molecular formula is C18H17ClN2O4S. The van der Waals surface area contributed by atoms with Crippen LogP contribution in [-0.2, 0) is 24.1 Å². The molecule has 0 saturated carbocycles. The van der Waals surface area contributed by atoms with Crippen molar-refractivity contribution in [3.8, 4) is 11.5 Å². The van der Waals surface area contributed by atoms with E-state index in [1.54, 1.807) is 17.5 Å². The summed E-state index contributed by atoms with van der Waals surface area (Å²) < 4.78 is 6.73. The maximum atomic E-state index is 12.0. The number of halogens is 1. The minimum atomic E-state index is -0.707. The number of methoxy groups -OCH3 is 1. The van der Waals surface area contributed by atoms with Gasteiger partial charge >= 0.3 is 5.97 Å². The topological polar surface area (TPSA) is 84.6 Å². The molecule has 136 valence electrons. The van der Waals surface area contributed by atoms with Crippen LogP contribution in [0, 0.1) is 0 Å². The third kappa shape index (κ3) is 3.68. The maximum Gasteiger partial charge on any atom is 0.341 e. The summed E-state index contributed by atoms with van der Waals surface area (Å²) >= 11 is 7.80. The highest BCUT2D eigenvalue weighted by molar-refractivity contribution is 7.07. The van der Waals surface area contributed by atoms with Crippen LogP contribution < -0.4 is 0 Å². The fraction of sp³-hybridized carbons (Fsp3) is 0.222. The number of aromatic nitrogens is 2. The van der Waals surface area contributed by atoms with Gasteiger partial charge in [-0.05, 0) is 34.4 Å². The first-order chi connectivity index (χ1) is 12.5. The van der Waals surface area contributed by atoms with Crippen molar-refractivity contribution in [2.24, 2.45) is 0 Å². The molecule has 0 aliphatic heterocycles. The standard InChI is InChI=1S/C18H17ClN2O4S/c1-25-18(24)16-12(17(19)14(23)8-13(16)22)2-3-15-20-5-6-21(15)9-11-4-7-26-10-11/h4-8,10,22-23H,2-3,9H2,1H3. The summed E-state index contributed by atoms with van der Waals surface area (Å²) in [4.78, 5) is 16.4. The molecule has 2 aromatic heterocycles. The molecule has 0 amide bonds. The van der Waals surface area contributed by atoms with Crippen molar-refractivity contribution in [1.29, 1.82) is 0 Å². The number of hydrogen-bond donors (Lipinski definition) is 2. The average molecular weight is 393 g/mol. The predicted octanol–water partition coefficient (Wildman–Crippen LogP) is 3.63. The molecule has 3 rings (SSSR count). The van der Waals surface area contributed by atoms with Gasteiger partial charge in [0.25, 0.3) is 0 Å². The monoisotopic (exact) mass is 392 g/mol. The summed E-state index contributed by atoms with van der Waals surface area (Å²) in [5, 5.41) is 24.0. The van der Waals surface area contributed by atoms with Gasteiger partial charge in [-0.1, -0.05) is 11.6 Å². The van der Waals surface area contributed by atoms with E-state index in [9.17, 15) is 15.0 Å². The fourth-order valence-electron chi connectivity index (χ4n) is 2.78. The Hall–Kier alpha value is -2.51. The van der Waals surface area contributed by atoms with Gasteiger partial charge in [-0.15, -0.1) is 0 Å².